The van der Waals surface area contributed by atoms with Gasteiger partial charge >= 0.3 is 0 Å². The molecule has 158 valence electrons. The van der Waals surface area contributed by atoms with Crippen molar-refractivity contribution in [3.05, 3.63) is 69.0 Å². The number of thioether (sulfide) groups is 1. The largest absolute Gasteiger partial charge is 0.383 e. The maximum Gasteiger partial charge on any atom is 0.262 e. The number of carbonyl (C=O) groups is 1. The number of nitrogens with one attached hydrogen (secondary N) is 1. The van der Waals surface area contributed by atoms with Crippen LogP contribution in [0.1, 0.15) is 11.1 Å². The molecular weight excluding hydrogens is 422 g/mol. The maximum absolute atomic E-state index is 12.9. The van der Waals surface area contributed by atoms with Crippen molar-refractivity contribution < 1.29 is 9.53 Å². The summed E-state index contributed by atoms with van der Waals surface area (Å²) in [6.45, 7) is 3.35. The van der Waals surface area contributed by atoms with Gasteiger partial charge in [-0.25, -0.2) is 4.98 Å². The van der Waals surface area contributed by atoms with Crippen LogP contribution in [-0.4, -0.2) is 41.5 Å². The molecule has 0 saturated heterocycles. The van der Waals surface area contributed by atoms with Gasteiger partial charge in [0.1, 0.15) is 0 Å². The molecule has 0 saturated carbocycles. The standard InChI is InChI=1S/C22H24ClN3O3S/c1-15-5-3-4-6-16(15)9-10-24-20(27)14-30-22-25-19-13-17(23)7-8-18(19)21(28)26(22)11-12-29-2/h3-8,13H,9-12,14H2,1-2H3,(H,24,27). The molecule has 30 heavy (non-hydrogen) atoms. The van der Waals surface area contributed by atoms with E-state index in [4.69, 9.17) is 16.3 Å². The van der Waals surface area contributed by atoms with Crippen LogP contribution in [-0.2, 0) is 22.5 Å². The van der Waals surface area contributed by atoms with E-state index in [1.165, 1.54) is 22.9 Å². The van der Waals surface area contributed by atoms with E-state index in [1.54, 1.807) is 29.9 Å². The Kier molecular flexibility index (Phi) is 7.90. The molecule has 0 aliphatic rings. The third-order valence-electron chi connectivity index (χ3n) is 4.71. The van der Waals surface area contributed by atoms with E-state index in [0.717, 1.165) is 6.42 Å². The number of ether oxygens (including phenoxy) is 1. The van der Waals surface area contributed by atoms with Crippen molar-refractivity contribution >= 4 is 40.2 Å². The molecule has 8 heteroatoms. The first-order chi connectivity index (χ1) is 14.5. The van der Waals surface area contributed by atoms with Crippen LogP contribution in [0.2, 0.25) is 5.02 Å². The molecule has 0 aliphatic heterocycles. The summed E-state index contributed by atoms with van der Waals surface area (Å²) in [6, 6.07) is 13.1. The number of aryl methyl sites for hydroxylation is 1. The Morgan fingerprint density at radius 2 is 2.07 bits per heavy atom. The molecule has 1 N–H and O–H groups in total. The topological polar surface area (TPSA) is 73.2 Å². The number of nitrogens with zero attached hydrogens (tertiary/aromatic N) is 2. The van der Waals surface area contributed by atoms with Gasteiger partial charge in [0.2, 0.25) is 5.91 Å². The average molecular weight is 446 g/mol. The second-order valence-electron chi connectivity index (χ2n) is 6.82. The van der Waals surface area contributed by atoms with Crippen molar-refractivity contribution in [3.63, 3.8) is 0 Å². The number of methoxy groups -OCH3 is 1. The van der Waals surface area contributed by atoms with E-state index < -0.39 is 0 Å². The zero-order valence-electron chi connectivity index (χ0n) is 17.0. The van der Waals surface area contributed by atoms with E-state index in [-0.39, 0.29) is 17.2 Å². The van der Waals surface area contributed by atoms with Gasteiger partial charge < -0.3 is 10.1 Å². The van der Waals surface area contributed by atoms with Crippen LogP contribution in [0, 0.1) is 6.92 Å². The predicted octanol–water partition coefficient (Wildman–Crippen LogP) is 3.46. The minimum atomic E-state index is -0.170. The van der Waals surface area contributed by atoms with Gasteiger partial charge in [-0.15, -0.1) is 0 Å². The molecule has 0 unspecified atom stereocenters. The number of halogens is 1. The predicted molar refractivity (Wildman–Crippen MR) is 122 cm³/mol. The molecule has 1 amide bonds. The first kappa shape index (κ1) is 22.3. The zero-order chi connectivity index (χ0) is 21.5. The molecule has 0 atom stereocenters. The first-order valence-corrected chi connectivity index (χ1v) is 11.0. The fourth-order valence-corrected chi connectivity index (χ4v) is 4.09. The van der Waals surface area contributed by atoms with Gasteiger partial charge in [0, 0.05) is 18.7 Å². The number of benzene rings is 2. The normalized spacial score (nSPS) is 11.0. The fraction of sp³-hybridized carbons (Fsp3) is 0.318. The van der Waals surface area contributed by atoms with Crippen LogP contribution >= 0.6 is 23.4 Å². The SMILES string of the molecule is COCCn1c(SCC(=O)NCCc2ccccc2C)nc2cc(Cl)ccc2c1=O. The number of rotatable bonds is 9. The van der Waals surface area contributed by atoms with Gasteiger partial charge in [0.05, 0.1) is 29.8 Å². The quantitative estimate of drug-likeness (QED) is 0.403. The van der Waals surface area contributed by atoms with Crippen LogP contribution in [0.25, 0.3) is 10.9 Å². The van der Waals surface area contributed by atoms with Crippen molar-refractivity contribution in [2.24, 2.45) is 0 Å². The van der Waals surface area contributed by atoms with E-state index >= 15 is 0 Å². The molecule has 0 radical (unpaired) electrons. The Balaban J connectivity index is 1.68. The number of amides is 1. The van der Waals surface area contributed by atoms with E-state index in [2.05, 4.69) is 29.4 Å². The molecule has 0 spiro atoms. The maximum atomic E-state index is 12.9. The Labute approximate surface area is 184 Å². The Bertz CT molecular complexity index is 1100. The molecule has 2 aromatic carbocycles. The van der Waals surface area contributed by atoms with Crippen LogP contribution < -0.4 is 10.9 Å². The van der Waals surface area contributed by atoms with Crippen molar-refractivity contribution in [2.75, 3.05) is 26.0 Å². The van der Waals surface area contributed by atoms with Gasteiger partial charge in [-0.3, -0.25) is 14.2 Å². The minimum Gasteiger partial charge on any atom is -0.383 e. The highest BCUT2D eigenvalue weighted by Crippen LogP contribution is 2.20. The molecule has 3 aromatic rings. The van der Waals surface area contributed by atoms with Crippen molar-refractivity contribution in [3.8, 4) is 0 Å². The Morgan fingerprint density at radius 1 is 1.27 bits per heavy atom. The number of hydrogen-bond donors (Lipinski definition) is 1. The highest BCUT2D eigenvalue weighted by Gasteiger charge is 2.13. The molecule has 6 nitrogen and oxygen atoms in total. The summed E-state index contributed by atoms with van der Waals surface area (Å²) in [4.78, 5) is 29.8. The lowest BCUT2D eigenvalue weighted by Gasteiger charge is -2.13. The molecule has 0 aliphatic carbocycles. The van der Waals surface area contributed by atoms with Crippen LogP contribution in [0.5, 0.6) is 0 Å². The van der Waals surface area contributed by atoms with Crippen LogP contribution in [0.15, 0.2) is 52.4 Å². The molecular formula is C22H24ClN3O3S. The molecule has 1 heterocycles. The molecule has 3 rings (SSSR count). The number of carbonyl (C=O) groups excluding carboxylic acids is 1. The smallest absolute Gasteiger partial charge is 0.262 e. The van der Waals surface area contributed by atoms with Gasteiger partial charge in [-0.2, -0.15) is 0 Å². The number of aromatic nitrogens is 2. The number of fused-ring (bicyclic) bond motifs is 1. The fourth-order valence-electron chi connectivity index (χ4n) is 3.07. The monoisotopic (exact) mass is 445 g/mol. The third kappa shape index (κ3) is 5.62. The van der Waals surface area contributed by atoms with Gasteiger partial charge in [-0.05, 0) is 42.7 Å². The number of hydrogen-bond acceptors (Lipinski definition) is 5. The van der Waals surface area contributed by atoms with Crippen LogP contribution in [0.4, 0.5) is 0 Å². The second kappa shape index (κ2) is 10.6. The lowest BCUT2D eigenvalue weighted by Crippen LogP contribution is -2.29. The molecule has 0 fully saturated rings. The summed E-state index contributed by atoms with van der Waals surface area (Å²) in [5, 5.41) is 4.40. The van der Waals surface area contributed by atoms with Gasteiger partial charge in [0.25, 0.3) is 5.56 Å². The van der Waals surface area contributed by atoms with Crippen molar-refractivity contribution in [1.29, 1.82) is 0 Å². The second-order valence-corrected chi connectivity index (χ2v) is 8.20. The summed E-state index contributed by atoms with van der Waals surface area (Å²) in [6.07, 6.45) is 0.772. The zero-order valence-corrected chi connectivity index (χ0v) is 18.6. The van der Waals surface area contributed by atoms with Crippen molar-refractivity contribution in [1.82, 2.24) is 14.9 Å². The summed E-state index contributed by atoms with van der Waals surface area (Å²) in [7, 11) is 1.58. The summed E-state index contributed by atoms with van der Waals surface area (Å²) in [5.41, 5.74) is 2.77. The van der Waals surface area contributed by atoms with Gasteiger partial charge in [-0.1, -0.05) is 47.6 Å². The molecule has 1 aromatic heterocycles. The lowest BCUT2D eigenvalue weighted by molar-refractivity contribution is -0.118. The van der Waals surface area contributed by atoms with Crippen LogP contribution in [0.3, 0.4) is 0 Å². The molecule has 0 bridgehead atoms. The minimum absolute atomic E-state index is 0.104. The average Bonchev–Trinajstić information content (AvgIpc) is 2.73. The summed E-state index contributed by atoms with van der Waals surface area (Å²) in [5.74, 6) is 0.0616. The van der Waals surface area contributed by atoms with Crippen molar-refractivity contribution in [2.45, 2.75) is 25.0 Å². The Hall–Kier alpha value is -2.35. The lowest BCUT2D eigenvalue weighted by atomic mass is 10.1. The van der Waals surface area contributed by atoms with E-state index in [0.29, 0.717) is 40.8 Å². The third-order valence-corrected chi connectivity index (χ3v) is 5.92. The van der Waals surface area contributed by atoms with E-state index in [9.17, 15) is 9.59 Å². The first-order valence-electron chi connectivity index (χ1n) is 9.62. The summed E-state index contributed by atoms with van der Waals surface area (Å²) < 4.78 is 6.67. The Morgan fingerprint density at radius 3 is 2.83 bits per heavy atom. The van der Waals surface area contributed by atoms with E-state index in [1.807, 2.05) is 12.1 Å². The van der Waals surface area contributed by atoms with Gasteiger partial charge in [0.15, 0.2) is 5.16 Å². The summed E-state index contributed by atoms with van der Waals surface area (Å²) >= 11 is 7.28. The highest BCUT2D eigenvalue weighted by molar-refractivity contribution is 7.99. The highest BCUT2D eigenvalue weighted by atomic mass is 35.5.